The Morgan fingerprint density at radius 2 is 1.77 bits per heavy atom. The van der Waals surface area contributed by atoms with Crippen molar-refractivity contribution in [3.05, 3.63) is 71.9 Å². The number of nitrogens with zero attached hydrogens (tertiary/aromatic N) is 1. The molecule has 5 fully saturated rings. The zero-order valence-corrected chi connectivity index (χ0v) is 38.8. The van der Waals surface area contributed by atoms with Crippen LogP contribution in [-0.2, 0) is 28.5 Å². The topological polar surface area (TPSA) is 154 Å². The number of halogens is 1. The zero-order chi connectivity index (χ0) is 43.7. The van der Waals surface area contributed by atoms with Gasteiger partial charge in [0.1, 0.15) is 6.10 Å². The number of alkyl halides is 1. The van der Waals surface area contributed by atoms with Crippen LogP contribution in [0.1, 0.15) is 112 Å². The van der Waals surface area contributed by atoms with E-state index in [-0.39, 0.29) is 60.5 Å². The fraction of sp³-hybridized carbons (Fsp3) is 0.667. The molecule has 5 aliphatic heterocycles. The number of guanidine groups is 1. The molecule has 13 atom stereocenters. The first kappa shape index (κ1) is 48.4. The van der Waals surface area contributed by atoms with Crippen LogP contribution >= 0.6 is 22.6 Å². The summed E-state index contributed by atoms with van der Waals surface area (Å²) in [6.07, 6.45) is 25.0. The Balaban J connectivity index is 1.19. The predicted octanol–water partition coefficient (Wildman–Crippen LogP) is 7.26. The summed E-state index contributed by atoms with van der Waals surface area (Å²) in [6, 6.07) is 0. The molecule has 5 saturated heterocycles. The highest BCUT2D eigenvalue weighted by atomic mass is 127. The second-order valence-corrected chi connectivity index (χ2v) is 18.8. The number of carbonyl (C=O) groups is 1. The summed E-state index contributed by atoms with van der Waals surface area (Å²) in [5, 5.41) is 25.9. The lowest BCUT2D eigenvalue weighted by Gasteiger charge is -2.49. The van der Waals surface area contributed by atoms with Crippen LogP contribution in [-0.4, -0.2) is 105 Å². The summed E-state index contributed by atoms with van der Waals surface area (Å²) in [6.45, 7) is 16.3. The van der Waals surface area contributed by atoms with Gasteiger partial charge in [-0.1, -0.05) is 78.0 Å². The molecule has 332 valence electrons. The molecule has 0 spiro atoms. The first-order chi connectivity index (χ1) is 28.5. The molecule has 12 heteroatoms. The Labute approximate surface area is 372 Å². The number of terminal acetylenes is 1. The summed E-state index contributed by atoms with van der Waals surface area (Å²) >= 11 is 2.26. The molecule has 0 radical (unpaired) electrons. The minimum Gasteiger partial charge on any atom is -0.390 e. The highest BCUT2D eigenvalue weighted by molar-refractivity contribution is 14.1. The first-order valence-corrected chi connectivity index (χ1v) is 23.4. The van der Waals surface area contributed by atoms with Gasteiger partial charge >= 0.3 is 0 Å². The molecule has 13 unspecified atom stereocenters. The Morgan fingerprint density at radius 3 is 2.48 bits per heavy atom. The van der Waals surface area contributed by atoms with Crippen molar-refractivity contribution in [2.75, 3.05) is 11.0 Å². The number of fused-ring (bicyclic) bond motifs is 4. The van der Waals surface area contributed by atoms with Crippen molar-refractivity contribution in [1.29, 1.82) is 0 Å². The molecular weight excluding hydrogens is 873 g/mol. The quantitative estimate of drug-likeness (QED) is 0.0284. The van der Waals surface area contributed by atoms with Crippen molar-refractivity contribution in [2.45, 2.75) is 184 Å². The lowest BCUT2D eigenvalue weighted by atomic mass is 9.79. The van der Waals surface area contributed by atoms with Gasteiger partial charge in [-0.15, -0.1) is 6.42 Å². The highest BCUT2D eigenvalue weighted by Crippen LogP contribution is 2.49. The van der Waals surface area contributed by atoms with Crippen LogP contribution in [0.4, 0.5) is 0 Å². The smallest absolute Gasteiger partial charge is 0.250 e. The lowest BCUT2D eigenvalue weighted by molar-refractivity contribution is -0.273. The number of carbonyl (C=O) groups excluding carboxylic acids is 1. The number of hydrogen-bond acceptors (Lipinski definition) is 9. The zero-order valence-electron chi connectivity index (χ0n) is 36.6. The highest BCUT2D eigenvalue weighted by Gasteiger charge is 2.58. The van der Waals surface area contributed by atoms with Crippen LogP contribution in [0.15, 0.2) is 76.9 Å². The second kappa shape index (κ2) is 21.7. The third-order valence-corrected chi connectivity index (χ3v) is 14.2. The summed E-state index contributed by atoms with van der Waals surface area (Å²) in [7, 11) is 0. The van der Waals surface area contributed by atoms with Gasteiger partial charge in [0.2, 0.25) is 0 Å². The maximum Gasteiger partial charge on any atom is 0.250 e. The number of allylic oxidation sites excluding steroid dienone is 8. The van der Waals surface area contributed by atoms with E-state index in [1.165, 1.54) is 0 Å². The van der Waals surface area contributed by atoms with Gasteiger partial charge in [0.25, 0.3) is 5.91 Å². The molecule has 5 aliphatic rings. The molecule has 0 saturated carbocycles. The van der Waals surface area contributed by atoms with Gasteiger partial charge in [-0.2, -0.15) is 0 Å². The molecule has 5 heterocycles. The minimum absolute atomic E-state index is 0.0332. The van der Waals surface area contributed by atoms with E-state index in [0.29, 0.717) is 43.1 Å². The van der Waals surface area contributed by atoms with Gasteiger partial charge in [0, 0.05) is 23.3 Å². The van der Waals surface area contributed by atoms with Crippen molar-refractivity contribution < 1.29 is 38.7 Å². The monoisotopic (exact) mass is 943 g/mol. The van der Waals surface area contributed by atoms with E-state index in [9.17, 15) is 15.0 Å². The van der Waals surface area contributed by atoms with E-state index in [2.05, 4.69) is 78.3 Å². The number of aliphatic imine (C=N–C) groups is 1. The minimum atomic E-state index is -0.948. The molecule has 0 aromatic carbocycles. The molecule has 1 amide bonds. The third kappa shape index (κ3) is 12.3. The second-order valence-electron chi connectivity index (χ2n) is 18.1. The van der Waals surface area contributed by atoms with Crippen LogP contribution in [0.3, 0.4) is 0 Å². The van der Waals surface area contributed by atoms with Gasteiger partial charge in [0.15, 0.2) is 5.96 Å². The third-order valence-electron chi connectivity index (χ3n) is 13.4. The van der Waals surface area contributed by atoms with Crippen molar-refractivity contribution in [1.82, 2.24) is 5.32 Å². The first-order valence-electron chi connectivity index (χ1n) is 21.9. The summed E-state index contributed by atoms with van der Waals surface area (Å²) in [5.41, 5.74) is 6.54. The Kier molecular flexibility index (Phi) is 17.5. The molecule has 0 aliphatic carbocycles. The van der Waals surface area contributed by atoms with Crippen molar-refractivity contribution in [3.63, 3.8) is 0 Å². The summed E-state index contributed by atoms with van der Waals surface area (Å²) in [5.74, 6) is 2.39. The van der Waals surface area contributed by atoms with E-state index >= 15 is 0 Å². The number of amides is 1. The standard InChI is InChI=1S/C48H70IN3O8/c1-9-12-14-15-20-40-46(6,55)23-21-37-38(56-40)22-24-47(7)42(57-37)27-39-44(60-47)35(53)28-48(8)41(58-39)25-32(5)36(59-48)19-16-17-31(4)34(29-49)26-43(54)52-45(50)51-30-33(11-3)18-13-10-2/h2,9,11-14,17-18,26,32,35-42,44,53,55H,1,15-16,19-25,27-30H2,3-8H3,(H3,50,51,52,54)/b14-12-,18-13-,31-17+,33-11+,34-26+. The molecule has 11 nitrogen and oxygen atoms in total. The van der Waals surface area contributed by atoms with Gasteiger partial charge in [-0.3, -0.25) is 10.1 Å². The van der Waals surface area contributed by atoms with Crippen LogP contribution in [0, 0.1) is 18.3 Å². The maximum atomic E-state index is 12.8. The van der Waals surface area contributed by atoms with Gasteiger partial charge < -0.3 is 39.6 Å². The van der Waals surface area contributed by atoms with Crippen molar-refractivity contribution in [3.8, 4) is 12.3 Å². The fourth-order valence-electron chi connectivity index (χ4n) is 9.56. The number of nitrogens with two attached hydrogens (primary N) is 1. The van der Waals surface area contributed by atoms with Crippen LogP contribution < -0.4 is 11.1 Å². The SMILES string of the molecule is C#C/C=C\C(=C/C)CN=C(N)NC(=O)/C=C(CI)/C(C)=C/CCC1OC2(C)CC(O)C3OC4(C)CCC5OC(CC/C=C\C=C)C(C)(O)CCC5OC4CC3OC2CC1C. The number of nitrogens with one attached hydrogen (secondary N) is 1. The van der Waals surface area contributed by atoms with Crippen molar-refractivity contribution >= 4 is 34.5 Å². The molecular formula is C48H70IN3O8. The molecule has 0 aromatic rings. The van der Waals surface area contributed by atoms with Crippen LogP contribution in [0.25, 0.3) is 0 Å². The maximum absolute atomic E-state index is 12.8. The van der Waals surface area contributed by atoms with Gasteiger partial charge in [0.05, 0.1) is 72.2 Å². The fourth-order valence-corrected chi connectivity index (χ4v) is 10.4. The van der Waals surface area contributed by atoms with E-state index in [0.717, 1.165) is 55.2 Å². The summed E-state index contributed by atoms with van der Waals surface area (Å²) in [4.78, 5) is 17.1. The van der Waals surface area contributed by atoms with Crippen molar-refractivity contribution in [2.24, 2.45) is 16.6 Å². The number of ether oxygens (including phenoxy) is 5. The molecule has 5 rings (SSSR count). The van der Waals surface area contributed by atoms with E-state index in [1.54, 1.807) is 24.3 Å². The normalized spacial score (nSPS) is 39.3. The van der Waals surface area contributed by atoms with Gasteiger partial charge in [-0.25, -0.2) is 4.99 Å². The Hall–Kier alpha value is -2.61. The Morgan fingerprint density at radius 1 is 1.05 bits per heavy atom. The average molecular weight is 944 g/mol. The molecule has 60 heavy (non-hydrogen) atoms. The van der Waals surface area contributed by atoms with E-state index < -0.39 is 29.0 Å². The summed E-state index contributed by atoms with van der Waals surface area (Å²) < 4.78 is 35.1. The molecule has 0 bridgehead atoms. The number of aliphatic hydroxyl groups excluding tert-OH is 1. The average Bonchev–Trinajstić information content (AvgIpc) is 3.46. The number of hydrogen-bond donors (Lipinski definition) is 4. The number of aliphatic hydroxyl groups is 2. The van der Waals surface area contributed by atoms with E-state index in [4.69, 9.17) is 35.8 Å². The predicted molar refractivity (Wildman–Crippen MR) is 246 cm³/mol. The largest absolute Gasteiger partial charge is 0.390 e. The molecule has 5 N–H and O–H groups in total. The number of rotatable bonds is 13. The lowest BCUT2D eigenvalue weighted by Crippen LogP contribution is -2.59. The van der Waals surface area contributed by atoms with Gasteiger partial charge in [-0.05, 0) is 122 Å². The van der Waals surface area contributed by atoms with E-state index in [1.807, 2.05) is 32.9 Å². The van der Waals surface area contributed by atoms with Crippen LogP contribution in [0.5, 0.6) is 0 Å². The Bertz CT molecular complexity index is 1730. The van der Waals surface area contributed by atoms with Crippen LogP contribution in [0.2, 0.25) is 0 Å². The molecule has 0 aromatic heterocycles.